The zero-order valence-corrected chi connectivity index (χ0v) is 6.20. The van der Waals surface area contributed by atoms with Crippen LogP contribution in [0.25, 0.3) is 0 Å². The normalized spacial score (nSPS) is 9.00. The predicted molar refractivity (Wildman–Crippen MR) is 33.6 cm³/mol. The maximum atomic E-state index is 4.66. The lowest BCUT2D eigenvalue weighted by Gasteiger charge is -2.11. The molecule has 0 unspecified atom stereocenters. The van der Waals surface area contributed by atoms with Crippen molar-refractivity contribution in [1.82, 2.24) is 5.23 Å². The maximum absolute atomic E-state index is 4.66. The molecule has 0 aliphatic carbocycles. The van der Waals surface area contributed by atoms with Crippen LogP contribution in [-0.2, 0) is 9.68 Å². The van der Waals surface area contributed by atoms with Gasteiger partial charge >= 0.3 is 0 Å². The summed E-state index contributed by atoms with van der Waals surface area (Å²) in [6.45, 7) is 2.68. The molecular weight excluding hydrogens is 130 g/mol. The van der Waals surface area contributed by atoms with Gasteiger partial charge in [-0.2, -0.15) is 0 Å². The zero-order chi connectivity index (χ0) is 5.70. The minimum Gasteiger partial charge on any atom is -0.278 e. The average molecular weight is 142 g/mol. The number of nitrogens with zero attached hydrogens (tertiary/aromatic N) is 1. The molecule has 0 spiro atoms. The number of hydrogen-bond donors (Lipinski definition) is 0. The molecule has 0 rings (SSSR count). The van der Waals surface area contributed by atoms with Crippen molar-refractivity contribution in [2.75, 3.05) is 20.8 Å². The summed E-state index contributed by atoms with van der Waals surface area (Å²) in [6.07, 6.45) is 0. The van der Waals surface area contributed by atoms with Crippen molar-refractivity contribution in [2.45, 2.75) is 6.92 Å². The van der Waals surface area contributed by atoms with E-state index in [1.54, 1.807) is 14.2 Å². The molecule has 0 aliphatic heterocycles. The summed E-state index contributed by atoms with van der Waals surface area (Å²) < 4.78 is 0. The van der Waals surface area contributed by atoms with Crippen LogP contribution in [0.1, 0.15) is 6.92 Å². The van der Waals surface area contributed by atoms with E-state index in [9.17, 15) is 0 Å². The number of hydrogen-bond acceptors (Lipinski definition) is 3. The molecule has 0 bridgehead atoms. The van der Waals surface area contributed by atoms with Gasteiger partial charge in [0.15, 0.2) is 0 Å². The lowest BCUT2D eigenvalue weighted by Crippen LogP contribution is -2.19. The van der Waals surface area contributed by atoms with Gasteiger partial charge in [0.1, 0.15) is 0 Å². The first-order valence-corrected chi connectivity index (χ1v) is 2.20. The summed E-state index contributed by atoms with van der Waals surface area (Å²) in [6, 6.07) is 0. The highest BCUT2D eigenvalue weighted by Crippen LogP contribution is 1.82. The average Bonchev–Trinajstić information content (AvgIpc) is 1.72. The summed E-state index contributed by atoms with van der Waals surface area (Å²) in [4.78, 5) is 9.32. The molecule has 0 N–H and O–H groups in total. The first-order chi connectivity index (χ1) is 3.35. The highest BCUT2D eigenvalue weighted by atomic mass is 35.5. The molecule has 0 saturated heterocycles. The van der Waals surface area contributed by atoms with Gasteiger partial charge in [-0.3, -0.25) is 9.68 Å². The lowest BCUT2D eigenvalue weighted by atomic mass is 10.8. The topological polar surface area (TPSA) is 21.7 Å². The lowest BCUT2D eigenvalue weighted by molar-refractivity contribution is -0.339. The molecule has 8 heavy (non-hydrogen) atoms. The van der Waals surface area contributed by atoms with E-state index in [-0.39, 0.29) is 12.4 Å². The van der Waals surface area contributed by atoms with E-state index < -0.39 is 0 Å². The van der Waals surface area contributed by atoms with E-state index >= 15 is 0 Å². The van der Waals surface area contributed by atoms with Crippen molar-refractivity contribution in [3.63, 3.8) is 0 Å². The summed E-state index contributed by atoms with van der Waals surface area (Å²) in [5, 5.41) is 1.38. The third-order valence-electron chi connectivity index (χ3n) is 0.665. The SMILES string of the molecule is CCN(OC)OC.Cl. The molecule has 3 nitrogen and oxygen atoms in total. The highest BCUT2D eigenvalue weighted by molar-refractivity contribution is 5.85. The number of halogens is 1. The Hall–Kier alpha value is 0.170. The van der Waals surface area contributed by atoms with Gasteiger partial charge in [-0.15, -0.1) is 12.4 Å². The highest BCUT2D eigenvalue weighted by Gasteiger charge is 1.90. The fourth-order valence-corrected chi connectivity index (χ4v) is 0.333. The van der Waals surface area contributed by atoms with Crippen LogP contribution in [-0.4, -0.2) is 26.0 Å². The van der Waals surface area contributed by atoms with Gasteiger partial charge in [-0.1, -0.05) is 5.23 Å². The fraction of sp³-hybridized carbons (Fsp3) is 1.00. The third-order valence-corrected chi connectivity index (χ3v) is 0.665. The van der Waals surface area contributed by atoms with E-state index in [4.69, 9.17) is 0 Å². The molecule has 0 fully saturated rings. The molecule has 0 saturated carbocycles. The van der Waals surface area contributed by atoms with Gasteiger partial charge in [-0.25, -0.2) is 0 Å². The predicted octanol–water partition coefficient (Wildman–Crippen LogP) is 0.853. The number of hydroxylamine groups is 2. The first-order valence-electron chi connectivity index (χ1n) is 2.20. The van der Waals surface area contributed by atoms with E-state index in [0.717, 1.165) is 6.54 Å². The van der Waals surface area contributed by atoms with Gasteiger partial charge in [0, 0.05) is 6.54 Å². The molecule has 0 heterocycles. The molecule has 0 aromatic heterocycles. The summed E-state index contributed by atoms with van der Waals surface area (Å²) >= 11 is 0. The Balaban J connectivity index is 0. The Kier molecular flexibility index (Phi) is 9.89. The molecule has 52 valence electrons. The Morgan fingerprint density at radius 3 is 1.62 bits per heavy atom. The maximum Gasteiger partial charge on any atom is 0.0601 e. The minimum absolute atomic E-state index is 0. The molecule has 0 radical (unpaired) electrons. The summed E-state index contributed by atoms with van der Waals surface area (Å²) in [5.74, 6) is 0. The van der Waals surface area contributed by atoms with Crippen molar-refractivity contribution in [2.24, 2.45) is 0 Å². The van der Waals surface area contributed by atoms with Gasteiger partial charge in [0.25, 0.3) is 0 Å². The van der Waals surface area contributed by atoms with Crippen LogP contribution >= 0.6 is 12.4 Å². The third kappa shape index (κ3) is 4.33. The van der Waals surface area contributed by atoms with Crippen molar-refractivity contribution >= 4 is 12.4 Å². The molecule has 0 aromatic carbocycles. The van der Waals surface area contributed by atoms with Gasteiger partial charge in [-0.05, 0) is 6.92 Å². The minimum atomic E-state index is 0. The second kappa shape index (κ2) is 7.17. The zero-order valence-electron chi connectivity index (χ0n) is 5.38. The van der Waals surface area contributed by atoms with Crippen molar-refractivity contribution < 1.29 is 9.68 Å². The Morgan fingerprint density at radius 2 is 1.62 bits per heavy atom. The van der Waals surface area contributed by atoms with Crippen molar-refractivity contribution in [3.8, 4) is 0 Å². The van der Waals surface area contributed by atoms with E-state index in [1.807, 2.05) is 6.92 Å². The van der Waals surface area contributed by atoms with Crippen LogP contribution in [0.5, 0.6) is 0 Å². The van der Waals surface area contributed by atoms with Crippen LogP contribution in [0.15, 0.2) is 0 Å². The van der Waals surface area contributed by atoms with Gasteiger partial charge in [0.2, 0.25) is 0 Å². The fourth-order valence-electron chi connectivity index (χ4n) is 0.333. The van der Waals surface area contributed by atoms with Gasteiger partial charge < -0.3 is 0 Å². The Morgan fingerprint density at radius 1 is 1.25 bits per heavy atom. The quantitative estimate of drug-likeness (QED) is 0.544. The second-order valence-electron chi connectivity index (χ2n) is 1.01. The molecule has 0 atom stereocenters. The smallest absolute Gasteiger partial charge is 0.0601 e. The van der Waals surface area contributed by atoms with Crippen LogP contribution in [0.3, 0.4) is 0 Å². The van der Waals surface area contributed by atoms with Crippen molar-refractivity contribution in [1.29, 1.82) is 0 Å². The first kappa shape index (κ1) is 11.0. The summed E-state index contributed by atoms with van der Waals surface area (Å²) in [7, 11) is 3.12. The second-order valence-corrected chi connectivity index (χ2v) is 1.01. The van der Waals surface area contributed by atoms with Gasteiger partial charge in [0.05, 0.1) is 14.2 Å². The van der Waals surface area contributed by atoms with Crippen LogP contribution < -0.4 is 0 Å². The molecule has 0 aromatic rings. The molecular formula is C4H12ClNO2. The molecule has 4 heteroatoms. The summed E-state index contributed by atoms with van der Waals surface area (Å²) in [5.41, 5.74) is 0. The van der Waals surface area contributed by atoms with E-state index in [2.05, 4.69) is 9.68 Å². The van der Waals surface area contributed by atoms with Crippen molar-refractivity contribution in [3.05, 3.63) is 0 Å². The standard InChI is InChI=1S/C4H11NO2.ClH/c1-4-5(6-2)7-3;/h4H2,1-3H3;1H. The van der Waals surface area contributed by atoms with E-state index in [0.29, 0.717) is 0 Å². The monoisotopic (exact) mass is 141 g/mol. The van der Waals surface area contributed by atoms with Crippen LogP contribution in [0.4, 0.5) is 0 Å². The van der Waals surface area contributed by atoms with Crippen LogP contribution in [0.2, 0.25) is 0 Å². The largest absolute Gasteiger partial charge is 0.278 e. The molecule has 0 aliphatic rings. The Labute approximate surface area is 55.9 Å². The number of rotatable bonds is 3. The molecule has 0 amide bonds. The van der Waals surface area contributed by atoms with E-state index in [1.165, 1.54) is 5.23 Å². The van der Waals surface area contributed by atoms with Crippen LogP contribution in [0, 0.1) is 0 Å². The Bertz CT molecular complexity index is 35.5.